The number of hydrogen-bond acceptors (Lipinski definition) is 9. The molecule has 11 heteroatoms. The second kappa shape index (κ2) is 12.2. The maximum Gasteiger partial charge on any atom is 0.259 e. The van der Waals surface area contributed by atoms with Gasteiger partial charge in [-0.05, 0) is 24.0 Å². The molecule has 1 atom stereocenters. The lowest BCUT2D eigenvalue weighted by atomic mass is 10.1. The average Bonchev–Trinajstić information content (AvgIpc) is 3.51. The number of nitrogens with one attached hydrogen (secondary N) is 2. The molecule has 3 N–H and O–H groups in total. The molecule has 2 heterocycles. The van der Waals surface area contributed by atoms with E-state index in [1.54, 1.807) is 24.3 Å². The zero-order valence-electron chi connectivity index (χ0n) is 18.8. The van der Waals surface area contributed by atoms with E-state index in [1.807, 2.05) is 36.4 Å². The van der Waals surface area contributed by atoms with Crippen LogP contribution in [0.1, 0.15) is 40.1 Å². The fraction of sp³-hybridized carbons (Fsp3) is 0.250. The number of amides is 2. The van der Waals surface area contributed by atoms with Crippen LogP contribution in [0.15, 0.2) is 60.7 Å². The third-order valence-corrected chi connectivity index (χ3v) is 6.81. The number of carbonyl (C=O) groups is 2. The predicted molar refractivity (Wildman–Crippen MR) is 135 cm³/mol. The first-order valence-electron chi connectivity index (χ1n) is 11.1. The van der Waals surface area contributed by atoms with Crippen molar-refractivity contribution >= 4 is 44.8 Å². The van der Waals surface area contributed by atoms with E-state index in [4.69, 9.17) is 0 Å². The van der Waals surface area contributed by atoms with Crippen LogP contribution < -0.4 is 10.6 Å². The smallest absolute Gasteiger partial charge is 0.259 e. The molecular weight excluding hydrogens is 484 g/mol. The van der Waals surface area contributed by atoms with Gasteiger partial charge in [0.05, 0.1) is 6.42 Å². The van der Waals surface area contributed by atoms with Crippen molar-refractivity contribution in [3.8, 4) is 0 Å². The van der Waals surface area contributed by atoms with E-state index in [2.05, 4.69) is 31.0 Å². The molecule has 0 aliphatic rings. The van der Waals surface area contributed by atoms with Crippen LogP contribution in [0, 0.1) is 0 Å². The van der Waals surface area contributed by atoms with Gasteiger partial charge in [0.1, 0.15) is 10.0 Å². The maximum atomic E-state index is 12.2. The van der Waals surface area contributed by atoms with Crippen LogP contribution >= 0.6 is 22.7 Å². The van der Waals surface area contributed by atoms with Crippen molar-refractivity contribution in [2.45, 2.75) is 38.2 Å². The number of nitrogens with zero attached hydrogens (tertiary/aromatic N) is 4. The molecule has 0 fully saturated rings. The number of aliphatic hydroxyl groups excluding tert-OH is 1. The Morgan fingerprint density at radius 1 is 0.771 bits per heavy atom. The van der Waals surface area contributed by atoms with Crippen molar-refractivity contribution in [1.29, 1.82) is 0 Å². The largest absolute Gasteiger partial charge is 0.378 e. The minimum atomic E-state index is -1.26. The quantitative estimate of drug-likeness (QED) is 0.263. The Labute approximate surface area is 210 Å². The molecular formula is C24H24N6O3S2. The van der Waals surface area contributed by atoms with E-state index in [0.717, 1.165) is 34.8 Å². The van der Waals surface area contributed by atoms with Crippen LogP contribution in [-0.4, -0.2) is 37.3 Å². The Morgan fingerprint density at radius 3 is 1.91 bits per heavy atom. The van der Waals surface area contributed by atoms with Gasteiger partial charge in [0.2, 0.25) is 16.2 Å². The fourth-order valence-corrected chi connectivity index (χ4v) is 4.85. The normalized spacial score (nSPS) is 11.7. The number of rotatable bonds is 11. The van der Waals surface area contributed by atoms with Crippen molar-refractivity contribution in [1.82, 2.24) is 20.4 Å². The van der Waals surface area contributed by atoms with Crippen LogP contribution in [0.25, 0.3) is 0 Å². The van der Waals surface area contributed by atoms with Gasteiger partial charge in [-0.15, -0.1) is 20.4 Å². The van der Waals surface area contributed by atoms with Crippen molar-refractivity contribution in [2.24, 2.45) is 0 Å². The topological polar surface area (TPSA) is 130 Å². The van der Waals surface area contributed by atoms with Gasteiger partial charge in [0.25, 0.3) is 5.91 Å². The van der Waals surface area contributed by atoms with Crippen LogP contribution in [0.3, 0.4) is 0 Å². The standard InChI is InChI=1S/C24H24N6O3S2/c31-18(15-16-9-3-1-4-10-16)25-23-29-27-19(34-23)13-7-8-14-20-28-30-24(35-20)26-22(33)21(32)17-11-5-2-6-12-17/h1-6,9-12,21,32H,7-8,13-15H2,(H,25,29,31)(H,26,30,33). The molecule has 4 rings (SSSR count). The summed E-state index contributed by atoms with van der Waals surface area (Å²) < 4.78 is 0. The lowest BCUT2D eigenvalue weighted by Crippen LogP contribution is -2.20. The van der Waals surface area contributed by atoms with E-state index >= 15 is 0 Å². The third-order valence-electron chi connectivity index (χ3n) is 5.01. The number of benzene rings is 2. The number of aromatic nitrogens is 4. The zero-order chi connectivity index (χ0) is 24.5. The van der Waals surface area contributed by atoms with Gasteiger partial charge in [0.15, 0.2) is 6.10 Å². The Morgan fingerprint density at radius 2 is 1.31 bits per heavy atom. The summed E-state index contributed by atoms with van der Waals surface area (Å²) in [5.74, 6) is -0.656. The van der Waals surface area contributed by atoms with Gasteiger partial charge in [-0.25, -0.2) is 0 Å². The minimum absolute atomic E-state index is 0.116. The molecule has 180 valence electrons. The molecule has 0 spiro atoms. The third kappa shape index (κ3) is 7.47. The van der Waals surface area contributed by atoms with Crippen molar-refractivity contribution < 1.29 is 14.7 Å². The molecule has 2 amide bonds. The maximum absolute atomic E-state index is 12.2. The highest BCUT2D eigenvalue weighted by atomic mass is 32.1. The summed E-state index contributed by atoms with van der Waals surface area (Å²) in [6, 6.07) is 18.3. The monoisotopic (exact) mass is 508 g/mol. The highest BCUT2D eigenvalue weighted by Gasteiger charge is 2.18. The Balaban J connectivity index is 1.16. The lowest BCUT2D eigenvalue weighted by Gasteiger charge is -2.09. The second-order valence-corrected chi connectivity index (χ2v) is 9.85. The van der Waals surface area contributed by atoms with Crippen LogP contribution in [0.2, 0.25) is 0 Å². The van der Waals surface area contributed by atoms with Crippen LogP contribution in [0.5, 0.6) is 0 Å². The molecule has 0 aliphatic carbocycles. The van der Waals surface area contributed by atoms with Crippen LogP contribution in [-0.2, 0) is 28.9 Å². The van der Waals surface area contributed by atoms with E-state index in [9.17, 15) is 14.7 Å². The summed E-state index contributed by atoms with van der Waals surface area (Å²) in [5.41, 5.74) is 1.46. The summed E-state index contributed by atoms with van der Waals surface area (Å²) in [4.78, 5) is 24.4. The summed E-state index contributed by atoms with van der Waals surface area (Å²) in [6.07, 6.45) is 2.24. The fourth-order valence-electron chi connectivity index (χ4n) is 3.27. The van der Waals surface area contributed by atoms with Gasteiger partial charge >= 0.3 is 0 Å². The summed E-state index contributed by atoms with van der Waals surface area (Å²) >= 11 is 2.67. The second-order valence-electron chi connectivity index (χ2n) is 7.72. The van der Waals surface area contributed by atoms with E-state index in [1.165, 1.54) is 22.7 Å². The molecule has 0 saturated heterocycles. The van der Waals surface area contributed by atoms with E-state index in [0.29, 0.717) is 28.7 Å². The molecule has 0 radical (unpaired) electrons. The highest BCUT2D eigenvalue weighted by Crippen LogP contribution is 2.22. The van der Waals surface area contributed by atoms with Crippen LogP contribution in [0.4, 0.5) is 10.3 Å². The molecule has 9 nitrogen and oxygen atoms in total. The van der Waals surface area contributed by atoms with Gasteiger partial charge < -0.3 is 10.4 Å². The number of anilines is 2. The first kappa shape index (κ1) is 24.6. The van der Waals surface area contributed by atoms with E-state index in [-0.39, 0.29) is 5.91 Å². The SMILES string of the molecule is O=C(Cc1ccccc1)Nc1nnc(CCCCc2nnc(NC(=O)C(O)c3ccccc3)s2)s1. The molecule has 0 bridgehead atoms. The number of aliphatic hydroxyl groups is 1. The Hall–Kier alpha value is -3.54. The molecule has 2 aromatic carbocycles. The molecule has 1 unspecified atom stereocenters. The van der Waals surface area contributed by atoms with Gasteiger partial charge in [-0.3, -0.25) is 14.9 Å². The van der Waals surface area contributed by atoms with Gasteiger partial charge in [0, 0.05) is 12.8 Å². The Bertz CT molecular complexity index is 1250. The average molecular weight is 509 g/mol. The number of aryl methyl sites for hydroxylation is 2. The van der Waals surface area contributed by atoms with Crippen molar-refractivity contribution in [2.75, 3.05) is 10.6 Å². The number of unbranched alkanes of at least 4 members (excludes halogenated alkanes) is 1. The summed E-state index contributed by atoms with van der Waals surface area (Å²) in [7, 11) is 0. The number of carbonyl (C=O) groups excluding carboxylic acids is 2. The van der Waals surface area contributed by atoms with Gasteiger partial charge in [-0.1, -0.05) is 83.3 Å². The minimum Gasteiger partial charge on any atom is -0.378 e. The first-order chi connectivity index (χ1) is 17.1. The summed E-state index contributed by atoms with van der Waals surface area (Å²) in [6.45, 7) is 0. The Kier molecular flexibility index (Phi) is 8.60. The molecule has 0 aliphatic heterocycles. The first-order valence-corrected chi connectivity index (χ1v) is 12.7. The molecule has 35 heavy (non-hydrogen) atoms. The van der Waals surface area contributed by atoms with Crippen molar-refractivity contribution in [3.05, 3.63) is 81.8 Å². The predicted octanol–water partition coefficient (Wildman–Crippen LogP) is 3.81. The zero-order valence-corrected chi connectivity index (χ0v) is 20.4. The number of hydrogen-bond donors (Lipinski definition) is 3. The summed E-state index contributed by atoms with van der Waals surface area (Å²) in [5, 5.41) is 34.4. The lowest BCUT2D eigenvalue weighted by molar-refractivity contribution is -0.124. The highest BCUT2D eigenvalue weighted by molar-refractivity contribution is 7.15. The molecule has 0 saturated carbocycles. The van der Waals surface area contributed by atoms with Crippen molar-refractivity contribution in [3.63, 3.8) is 0 Å². The molecule has 4 aromatic rings. The van der Waals surface area contributed by atoms with Gasteiger partial charge in [-0.2, -0.15) is 0 Å². The van der Waals surface area contributed by atoms with E-state index < -0.39 is 12.0 Å². The molecule has 2 aromatic heterocycles.